The average Bonchev–Trinajstić information content (AvgIpc) is 3.90. The van der Waals surface area contributed by atoms with Gasteiger partial charge in [-0.1, -0.05) is 20.8 Å². The molecule has 14 nitrogen and oxygen atoms in total. The van der Waals surface area contributed by atoms with E-state index >= 15 is 0 Å². The smallest absolute Gasteiger partial charge is 0.334 e. The fourth-order valence-corrected chi connectivity index (χ4v) is 9.41. The van der Waals surface area contributed by atoms with Crippen LogP contribution in [0, 0.1) is 23.2 Å². The molecule has 7 rings (SSSR count). The fraction of sp³-hybridized carbons (Fsp3) is 0.839. The molecule has 5 fully saturated rings. The van der Waals surface area contributed by atoms with Crippen molar-refractivity contribution in [2.24, 2.45) is 23.2 Å². The molecule has 14 atom stereocenters. The first-order valence-corrected chi connectivity index (χ1v) is 15.8. The van der Waals surface area contributed by atoms with E-state index in [1.54, 1.807) is 0 Å². The molecule has 0 aromatic heterocycles. The Hall–Kier alpha value is -2.17. The van der Waals surface area contributed by atoms with Crippen LogP contribution in [0.5, 0.6) is 0 Å². The van der Waals surface area contributed by atoms with Crippen molar-refractivity contribution in [3.8, 4) is 0 Å². The topological polar surface area (TPSA) is 203 Å². The summed E-state index contributed by atoms with van der Waals surface area (Å²) in [5, 5.41) is 41.8. The number of carbonyl (C=O) groups excluding carboxylic acids is 3. The van der Waals surface area contributed by atoms with E-state index in [0.29, 0.717) is 19.3 Å². The molecule has 0 aromatic carbocycles. The molecule has 250 valence electrons. The van der Waals surface area contributed by atoms with E-state index in [4.69, 9.17) is 33.2 Å². The number of rotatable bonds is 8. The van der Waals surface area contributed by atoms with Crippen LogP contribution in [0.15, 0.2) is 11.1 Å². The number of methoxy groups -OCH3 is 1. The second-order valence-electron chi connectivity index (χ2n) is 14.1. The molecule has 3 saturated heterocycles. The maximum Gasteiger partial charge on any atom is 0.334 e. The molecule has 3 aliphatic carbocycles. The first kappa shape index (κ1) is 31.4. The highest BCUT2D eigenvalue weighted by Crippen LogP contribution is 2.79. The minimum absolute atomic E-state index is 0.0255. The highest BCUT2D eigenvalue weighted by molar-refractivity contribution is 5.92. The highest BCUT2D eigenvalue weighted by Gasteiger charge is 2.95. The molecule has 2 spiro atoms. The summed E-state index contributed by atoms with van der Waals surface area (Å²) in [4.78, 5) is 38.2. The molecule has 7 aliphatic rings. The van der Waals surface area contributed by atoms with Crippen molar-refractivity contribution in [1.82, 2.24) is 0 Å². The molecular weight excluding hydrogens is 596 g/mol. The lowest BCUT2D eigenvalue weighted by Gasteiger charge is -2.55. The second-order valence-corrected chi connectivity index (χ2v) is 14.1. The number of hydrogen-bond donors (Lipinski definition) is 4. The number of cyclic esters (lactones) is 1. The van der Waals surface area contributed by atoms with Crippen LogP contribution < -0.4 is 0 Å². The third kappa shape index (κ3) is 4.26. The van der Waals surface area contributed by atoms with Crippen LogP contribution in [0.25, 0.3) is 0 Å². The summed E-state index contributed by atoms with van der Waals surface area (Å²) in [6.07, 6.45) is -8.28. The van der Waals surface area contributed by atoms with Crippen molar-refractivity contribution in [1.29, 1.82) is 0 Å². The van der Waals surface area contributed by atoms with Gasteiger partial charge in [-0.3, -0.25) is 9.59 Å². The Kier molecular flexibility index (Phi) is 7.45. The Bertz CT molecular complexity index is 1300. The quantitative estimate of drug-likeness (QED) is 0.147. The Morgan fingerprint density at radius 2 is 1.76 bits per heavy atom. The lowest BCUT2D eigenvalue weighted by Crippen LogP contribution is -2.70. The molecule has 4 N–H and O–H groups in total. The van der Waals surface area contributed by atoms with Crippen LogP contribution in [0.2, 0.25) is 0 Å². The summed E-state index contributed by atoms with van der Waals surface area (Å²) in [6.45, 7) is 5.85. The van der Waals surface area contributed by atoms with E-state index in [1.165, 1.54) is 7.11 Å². The molecule has 0 radical (unpaired) electrons. The van der Waals surface area contributed by atoms with Gasteiger partial charge in [0.15, 0.2) is 11.9 Å². The highest BCUT2D eigenvalue weighted by atomic mass is 16.7. The van der Waals surface area contributed by atoms with Crippen molar-refractivity contribution in [3.63, 3.8) is 0 Å². The number of epoxide rings is 2. The van der Waals surface area contributed by atoms with Gasteiger partial charge in [-0.05, 0) is 36.7 Å². The van der Waals surface area contributed by atoms with Crippen LogP contribution >= 0.6 is 0 Å². The third-order valence-electron chi connectivity index (χ3n) is 11.7. The van der Waals surface area contributed by atoms with Gasteiger partial charge in [0.2, 0.25) is 0 Å². The first-order chi connectivity index (χ1) is 21.3. The molecule has 2 saturated carbocycles. The number of carbonyl (C=O) groups is 3. The number of hydrogen-bond acceptors (Lipinski definition) is 14. The summed E-state index contributed by atoms with van der Waals surface area (Å²) < 4.78 is 40.1. The van der Waals surface area contributed by atoms with Crippen molar-refractivity contribution < 1.29 is 68.0 Å². The molecule has 0 bridgehead atoms. The number of esters is 3. The van der Waals surface area contributed by atoms with Crippen LogP contribution in [0.4, 0.5) is 0 Å². The van der Waals surface area contributed by atoms with Gasteiger partial charge in [0.05, 0.1) is 25.0 Å². The molecule has 4 aliphatic heterocycles. The summed E-state index contributed by atoms with van der Waals surface area (Å²) in [6, 6.07) is 0. The lowest BCUT2D eigenvalue weighted by molar-refractivity contribution is -0.295. The van der Waals surface area contributed by atoms with Gasteiger partial charge in [0.1, 0.15) is 55.4 Å². The number of fused-ring (bicyclic) bond motifs is 2. The van der Waals surface area contributed by atoms with Gasteiger partial charge >= 0.3 is 17.9 Å². The van der Waals surface area contributed by atoms with Gasteiger partial charge in [-0.25, -0.2) is 4.79 Å². The van der Waals surface area contributed by atoms with Crippen molar-refractivity contribution in [2.75, 3.05) is 20.3 Å². The molecule has 14 heteroatoms. The van der Waals surface area contributed by atoms with E-state index in [9.17, 15) is 34.8 Å². The summed E-state index contributed by atoms with van der Waals surface area (Å²) in [5.41, 5.74) is -0.602. The van der Waals surface area contributed by atoms with E-state index in [-0.39, 0.29) is 43.4 Å². The van der Waals surface area contributed by atoms with Gasteiger partial charge < -0.3 is 53.6 Å². The Labute approximate surface area is 259 Å². The predicted molar refractivity (Wildman–Crippen MR) is 147 cm³/mol. The molecule has 45 heavy (non-hydrogen) atoms. The standard InChI is InChI=1S/C31H42O14/c1-12(2)20-22(35)26-31(45-26)29(3)8-7-13-14(10-41-27(13)38)15(29)9-17-30(31,44-17)25(20)43-19(33)6-5-18(32)40-11-16-21(34)23(36)24(37)28(39-4)42-16/h12,15-17,20-26,28,34-37H,5-11H2,1-4H3/t15-,16?,17-,20?,21+,22+,23?,24?,25+,26-,28+,29-,30+,31+/m0/s1. The average molecular weight is 639 g/mol. The number of aliphatic hydroxyl groups excluding tert-OH is 4. The van der Waals surface area contributed by atoms with E-state index in [2.05, 4.69) is 6.92 Å². The molecule has 4 heterocycles. The maximum atomic E-state index is 13.3. The Morgan fingerprint density at radius 3 is 2.47 bits per heavy atom. The predicted octanol–water partition coefficient (Wildman–Crippen LogP) is -0.729. The lowest BCUT2D eigenvalue weighted by atomic mass is 9.46. The zero-order valence-electron chi connectivity index (χ0n) is 25.7. The van der Waals surface area contributed by atoms with Crippen molar-refractivity contribution in [2.45, 2.75) is 119 Å². The zero-order valence-corrected chi connectivity index (χ0v) is 25.7. The van der Waals surface area contributed by atoms with Crippen molar-refractivity contribution in [3.05, 3.63) is 11.1 Å². The fourth-order valence-electron chi connectivity index (χ4n) is 9.41. The summed E-state index contributed by atoms with van der Waals surface area (Å²) in [7, 11) is 1.26. The first-order valence-electron chi connectivity index (χ1n) is 15.8. The maximum absolute atomic E-state index is 13.3. The molecular formula is C31H42O14. The van der Waals surface area contributed by atoms with Gasteiger partial charge in [-0.15, -0.1) is 0 Å². The number of aliphatic hydroxyl groups is 4. The minimum atomic E-state index is -1.56. The zero-order chi connectivity index (χ0) is 32.2. The van der Waals surface area contributed by atoms with E-state index < -0.39 is 90.1 Å². The Morgan fingerprint density at radius 1 is 1.02 bits per heavy atom. The second kappa shape index (κ2) is 10.7. The molecule has 0 amide bonds. The molecule has 4 unspecified atom stereocenters. The van der Waals surface area contributed by atoms with Gasteiger partial charge in [0.25, 0.3) is 0 Å². The van der Waals surface area contributed by atoms with Crippen LogP contribution in [0.1, 0.15) is 52.9 Å². The van der Waals surface area contributed by atoms with Gasteiger partial charge in [0, 0.05) is 24.0 Å². The largest absolute Gasteiger partial charge is 0.463 e. The Balaban J connectivity index is 1.04. The number of ether oxygens (including phenoxy) is 7. The minimum Gasteiger partial charge on any atom is -0.463 e. The summed E-state index contributed by atoms with van der Waals surface area (Å²) >= 11 is 0. The third-order valence-corrected chi connectivity index (χ3v) is 11.7. The molecule has 0 aromatic rings. The van der Waals surface area contributed by atoms with E-state index in [0.717, 1.165) is 11.1 Å². The van der Waals surface area contributed by atoms with Crippen LogP contribution in [-0.4, -0.2) is 125 Å². The van der Waals surface area contributed by atoms with Crippen LogP contribution in [-0.2, 0) is 47.5 Å². The normalized spacial score (nSPS) is 49.2. The van der Waals surface area contributed by atoms with Crippen molar-refractivity contribution >= 4 is 17.9 Å². The van der Waals surface area contributed by atoms with Crippen LogP contribution in [0.3, 0.4) is 0 Å². The van der Waals surface area contributed by atoms with E-state index in [1.807, 2.05) is 13.8 Å². The monoisotopic (exact) mass is 638 g/mol. The SMILES string of the molecule is CO[C@@H]1OC(COC(=O)CCC(=O)O[C@@H]2C(C(C)C)[C@@H](O)[C@@H]3O[C@]34[C@]23O[C@H]3C[C@H]2C3=C(CC[C@@]24C)C(=O)OC3)[C@@H](O)C(O)C1O. The summed E-state index contributed by atoms with van der Waals surface area (Å²) in [5.74, 6) is -2.25. The van der Waals surface area contributed by atoms with Gasteiger partial charge in [-0.2, -0.15) is 0 Å².